The fourth-order valence-corrected chi connectivity index (χ4v) is 2.20. The van der Waals surface area contributed by atoms with Crippen LogP contribution in [-0.4, -0.2) is 6.54 Å². The molecule has 2 N–H and O–H groups in total. The van der Waals surface area contributed by atoms with E-state index in [2.05, 4.69) is 31.9 Å². The molecule has 0 saturated carbocycles. The van der Waals surface area contributed by atoms with E-state index in [0.29, 0.717) is 21.1 Å². The number of benzene rings is 1. The number of hydrogen-bond acceptors (Lipinski definition) is 1. The average molecular weight is 309 g/mol. The Labute approximate surface area is 93.1 Å². The van der Waals surface area contributed by atoms with Gasteiger partial charge in [0.15, 0.2) is 0 Å². The summed E-state index contributed by atoms with van der Waals surface area (Å²) >= 11 is 6.46. The van der Waals surface area contributed by atoms with Crippen molar-refractivity contribution in [1.82, 2.24) is 0 Å². The molecule has 0 unspecified atom stereocenters. The molecule has 0 aliphatic rings. The fraction of sp³-hybridized carbons (Fsp3) is 0.111. The van der Waals surface area contributed by atoms with Gasteiger partial charge in [0.2, 0.25) is 0 Å². The smallest absolute Gasteiger partial charge is 0.132 e. The van der Waals surface area contributed by atoms with Crippen LogP contribution in [0.15, 0.2) is 27.2 Å². The molecule has 0 atom stereocenters. The SMILES string of the molecule is NCC=Cc1c(F)cc(Br)cc1Br. The van der Waals surface area contributed by atoms with Gasteiger partial charge in [-0.1, -0.05) is 44.0 Å². The molecule has 0 aromatic heterocycles. The van der Waals surface area contributed by atoms with Gasteiger partial charge in [-0.2, -0.15) is 0 Å². The summed E-state index contributed by atoms with van der Waals surface area (Å²) in [6, 6.07) is 3.21. The second-order valence-corrected chi connectivity index (χ2v) is 4.19. The maximum absolute atomic E-state index is 13.3. The van der Waals surface area contributed by atoms with Crippen molar-refractivity contribution in [3.8, 4) is 0 Å². The molecular formula is C9H8Br2FN. The van der Waals surface area contributed by atoms with Gasteiger partial charge >= 0.3 is 0 Å². The molecule has 1 aromatic carbocycles. The Morgan fingerprint density at radius 3 is 2.62 bits per heavy atom. The first-order valence-corrected chi connectivity index (χ1v) is 5.25. The van der Waals surface area contributed by atoms with Crippen LogP contribution in [0.1, 0.15) is 5.56 Å². The van der Waals surface area contributed by atoms with Gasteiger partial charge in [-0.15, -0.1) is 0 Å². The van der Waals surface area contributed by atoms with Crippen molar-refractivity contribution in [2.75, 3.05) is 6.54 Å². The summed E-state index contributed by atoms with van der Waals surface area (Å²) in [6.07, 6.45) is 3.36. The molecular weight excluding hydrogens is 301 g/mol. The normalized spacial score (nSPS) is 11.1. The van der Waals surface area contributed by atoms with E-state index in [4.69, 9.17) is 5.73 Å². The highest BCUT2D eigenvalue weighted by molar-refractivity contribution is 9.11. The largest absolute Gasteiger partial charge is 0.327 e. The Bertz CT molecular complexity index is 313. The van der Waals surface area contributed by atoms with Crippen molar-refractivity contribution in [1.29, 1.82) is 0 Å². The summed E-state index contributed by atoms with van der Waals surface area (Å²) in [4.78, 5) is 0. The summed E-state index contributed by atoms with van der Waals surface area (Å²) in [5, 5.41) is 0. The van der Waals surface area contributed by atoms with Gasteiger partial charge in [-0.3, -0.25) is 0 Å². The lowest BCUT2D eigenvalue weighted by Gasteiger charge is -2.01. The molecule has 1 nitrogen and oxygen atoms in total. The van der Waals surface area contributed by atoms with Crippen LogP contribution in [0.3, 0.4) is 0 Å². The van der Waals surface area contributed by atoms with E-state index in [-0.39, 0.29) is 5.82 Å². The van der Waals surface area contributed by atoms with Crippen LogP contribution >= 0.6 is 31.9 Å². The first-order valence-electron chi connectivity index (χ1n) is 3.66. The highest BCUT2D eigenvalue weighted by Gasteiger charge is 2.04. The Kier molecular flexibility index (Phi) is 4.09. The van der Waals surface area contributed by atoms with Crippen molar-refractivity contribution in [2.45, 2.75) is 0 Å². The predicted molar refractivity (Wildman–Crippen MR) is 59.9 cm³/mol. The molecule has 1 aromatic rings. The second kappa shape index (κ2) is 4.88. The molecule has 0 bridgehead atoms. The Hall–Kier alpha value is -0.190. The average Bonchev–Trinajstić information content (AvgIpc) is 2.02. The number of halogens is 3. The molecule has 0 radical (unpaired) electrons. The van der Waals surface area contributed by atoms with Gasteiger partial charge in [0.05, 0.1) is 0 Å². The molecule has 70 valence electrons. The number of rotatable bonds is 2. The van der Waals surface area contributed by atoms with Crippen molar-refractivity contribution in [3.05, 3.63) is 38.5 Å². The van der Waals surface area contributed by atoms with E-state index in [0.717, 1.165) is 0 Å². The van der Waals surface area contributed by atoms with Crippen LogP contribution < -0.4 is 5.73 Å². The highest BCUT2D eigenvalue weighted by Crippen LogP contribution is 2.25. The van der Waals surface area contributed by atoms with E-state index in [1.165, 1.54) is 6.07 Å². The minimum absolute atomic E-state index is 0.272. The van der Waals surface area contributed by atoms with Crippen LogP contribution in [0.25, 0.3) is 6.08 Å². The van der Waals surface area contributed by atoms with Gasteiger partial charge in [-0.05, 0) is 12.1 Å². The summed E-state index contributed by atoms with van der Waals surface area (Å²) in [6.45, 7) is 0.405. The summed E-state index contributed by atoms with van der Waals surface area (Å²) in [5.74, 6) is -0.272. The fourth-order valence-electron chi connectivity index (χ4n) is 0.898. The first-order chi connectivity index (χ1) is 6.15. The van der Waals surface area contributed by atoms with Crippen LogP contribution in [-0.2, 0) is 0 Å². The van der Waals surface area contributed by atoms with E-state index in [9.17, 15) is 4.39 Å². The molecule has 1 rings (SSSR count). The first kappa shape index (κ1) is 10.9. The highest BCUT2D eigenvalue weighted by atomic mass is 79.9. The van der Waals surface area contributed by atoms with Crippen molar-refractivity contribution >= 4 is 37.9 Å². The van der Waals surface area contributed by atoms with Crippen LogP contribution in [0.2, 0.25) is 0 Å². The lowest BCUT2D eigenvalue weighted by Crippen LogP contribution is -1.93. The zero-order valence-corrected chi connectivity index (χ0v) is 9.90. The van der Waals surface area contributed by atoms with Crippen LogP contribution in [0.5, 0.6) is 0 Å². The van der Waals surface area contributed by atoms with E-state index < -0.39 is 0 Å². The van der Waals surface area contributed by atoms with E-state index in [1.807, 2.05) is 0 Å². The van der Waals surface area contributed by atoms with Crippen molar-refractivity contribution < 1.29 is 4.39 Å². The van der Waals surface area contributed by atoms with E-state index >= 15 is 0 Å². The molecule has 0 aliphatic carbocycles. The summed E-state index contributed by atoms with van der Waals surface area (Å²) in [7, 11) is 0. The van der Waals surface area contributed by atoms with Gasteiger partial charge in [0.25, 0.3) is 0 Å². The van der Waals surface area contributed by atoms with Crippen molar-refractivity contribution in [2.24, 2.45) is 5.73 Å². The topological polar surface area (TPSA) is 26.0 Å². The molecule has 0 spiro atoms. The molecule has 0 heterocycles. The Morgan fingerprint density at radius 2 is 2.08 bits per heavy atom. The standard InChI is InChI=1S/C9H8Br2FN/c10-6-4-8(11)7(2-1-3-13)9(12)5-6/h1-2,4-5H,3,13H2. The van der Waals surface area contributed by atoms with Gasteiger partial charge in [-0.25, -0.2) is 4.39 Å². The maximum Gasteiger partial charge on any atom is 0.132 e. The number of nitrogens with two attached hydrogens (primary N) is 1. The van der Waals surface area contributed by atoms with Crippen LogP contribution in [0, 0.1) is 5.82 Å². The van der Waals surface area contributed by atoms with Crippen molar-refractivity contribution in [3.63, 3.8) is 0 Å². The lowest BCUT2D eigenvalue weighted by atomic mass is 10.2. The molecule has 13 heavy (non-hydrogen) atoms. The van der Waals surface area contributed by atoms with Crippen LogP contribution in [0.4, 0.5) is 4.39 Å². The minimum Gasteiger partial charge on any atom is -0.327 e. The lowest BCUT2D eigenvalue weighted by molar-refractivity contribution is 0.623. The number of hydrogen-bond donors (Lipinski definition) is 1. The third-order valence-electron chi connectivity index (χ3n) is 1.46. The molecule has 4 heteroatoms. The molecule has 0 saturated heterocycles. The van der Waals surface area contributed by atoms with Gasteiger partial charge in [0.1, 0.15) is 5.82 Å². The molecule has 0 amide bonds. The summed E-state index contributed by atoms with van der Waals surface area (Å²) < 4.78 is 14.7. The van der Waals surface area contributed by atoms with Gasteiger partial charge in [0, 0.05) is 21.1 Å². The second-order valence-electron chi connectivity index (χ2n) is 2.42. The summed E-state index contributed by atoms with van der Waals surface area (Å²) in [5.41, 5.74) is 5.79. The van der Waals surface area contributed by atoms with Gasteiger partial charge < -0.3 is 5.73 Å². The third-order valence-corrected chi connectivity index (χ3v) is 2.58. The zero-order chi connectivity index (χ0) is 9.84. The third kappa shape index (κ3) is 2.90. The monoisotopic (exact) mass is 307 g/mol. The minimum atomic E-state index is -0.272. The zero-order valence-electron chi connectivity index (χ0n) is 6.73. The Balaban J connectivity index is 3.13. The quantitative estimate of drug-likeness (QED) is 0.891. The Morgan fingerprint density at radius 1 is 1.38 bits per heavy atom. The predicted octanol–water partition coefficient (Wildman–Crippen LogP) is 3.32. The van der Waals surface area contributed by atoms with E-state index in [1.54, 1.807) is 18.2 Å². The molecule has 0 fully saturated rings. The molecule has 0 aliphatic heterocycles. The maximum atomic E-state index is 13.3.